The third-order valence-corrected chi connectivity index (χ3v) is 6.62. The predicted octanol–water partition coefficient (Wildman–Crippen LogP) is 3.34. The van der Waals surface area contributed by atoms with Gasteiger partial charge in [0.15, 0.2) is 0 Å². The molecule has 1 unspecified atom stereocenters. The lowest BCUT2D eigenvalue weighted by atomic mass is 10.1. The van der Waals surface area contributed by atoms with E-state index in [-0.39, 0.29) is 12.1 Å². The number of ether oxygens (including phenoxy) is 2. The molecular formula is C21H25IN2O5S. The summed E-state index contributed by atoms with van der Waals surface area (Å²) in [5.41, 5.74) is 1.10. The van der Waals surface area contributed by atoms with Gasteiger partial charge in [0.1, 0.15) is 11.5 Å². The number of halogens is 1. The molecule has 1 saturated heterocycles. The van der Waals surface area contributed by atoms with E-state index >= 15 is 0 Å². The highest BCUT2D eigenvalue weighted by Gasteiger charge is 2.28. The van der Waals surface area contributed by atoms with Gasteiger partial charge in [-0.05, 0) is 65.3 Å². The number of hydrogen-bond acceptors (Lipinski definition) is 7. The van der Waals surface area contributed by atoms with E-state index in [1.165, 1.54) is 18.4 Å². The third-order valence-electron chi connectivity index (χ3n) is 4.83. The molecule has 1 N–H and O–H groups in total. The number of thiophene rings is 1. The monoisotopic (exact) mass is 544 g/mol. The van der Waals surface area contributed by atoms with Crippen molar-refractivity contribution in [3.63, 3.8) is 0 Å². The average molecular weight is 544 g/mol. The van der Waals surface area contributed by atoms with Crippen molar-refractivity contribution in [2.45, 2.75) is 25.4 Å². The molecule has 30 heavy (non-hydrogen) atoms. The van der Waals surface area contributed by atoms with Gasteiger partial charge in [0.05, 0.1) is 19.8 Å². The van der Waals surface area contributed by atoms with Crippen molar-refractivity contribution in [3.8, 4) is 0 Å². The van der Waals surface area contributed by atoms with E-state index in [9.17, 15) is 14.7 Å². The van der Waals surface area contributed by atoms with Crippen LogP contribution in [0.25, 0.3) is 0 Å². The first-order chi connectivity index (χ1) is 14.5. The first-order valence-electron chi connectivity index (χ1n) is 9.75. The van der Waals surface area contributed by atoms with Crippen molar-refractivity contribution < 1.29 is 24.2 Å². The van der Waals surface area contributed by atoms with E-state index < -0.39 is 6.10 Å². The Morgan fingerprint density at radius 1 is 1.33 bits per heavy atom. The number of esters is 1. The fraction of sp³-hybridized carbons (Fsp3) is 0.429. The molecule has 3 rings (SSSR count). The van der Waals surface area contributed by atoms with Gasteiger partial charge < -0.3 is 14.6 Å². The van der Waals surface area contributed by atoms with E-state index in [1.807, 2.05) is 29.3 Å². The lowest BCUT2D eigenvalue weighted by Gasteiger charge is -2.38. The van der Waals surface area contributed by atoms with E-state index in [4.69, 9.17) is 9.47 Å². The van der Waals surface area contributed by atoms with Crippen molar-refractivity contribution >= 4 is 46.0 Å². The molecule has 0 saturated carbocycles. The molecule has 1 aromatic carbocycles. The van der Waals surface area contributed by atoms with E-state index in [0.717, 1.165) is 14.0 Å². The van der Waals surface area contributed by atoms with Crippen molar-refractivity contribution in [1.29, 1.82) is 0 Å². The molecule has 162 valence electrons. The number of cyclic esters (lactones) is 1. The van der Waals surface area contributed by atoms with Gasteiger partial charge in [-0.25, -0.2) is 19.6 Å². The van der Waals surface area contributed by atoms with Crippen LogP contribution in [-0.2, 0) is 22.3 Å². The van der Waals surface area contributed by atoms with Crippen LogP contribution in [0.1, 0.15) is 26.5 Å². The number of amides is 1. The molecule has 1 aromatic heterocycles. The molecule has 0 spiro atoms. The summed E-state index contributed by atoms with van der Waals surface area (Å²) in [5.74, 6) is -0.354. The predicted molar refractivity (Wildman–Crippen MR) is 122 cm³/mol. The van der Waals surface area contributed by atoms with Crippen molar-refractivity contribution in [3.05, 3.63) is 55.3 Å². The van der Waals surface area contributed by atoms with Crippen LogP contribution < -0.4 is 0 Å². The molecule has 0 radical (unpaired) electrons. The summed E-state index contributed by atoms with van der Waals surface area (Å²) in [4.78, 5) is 25.4. The SMILES string of the molecule is COC(=O)c1ccc(CCN2C(=O)OCCN2CCC(O)Cc2cccc(I)c2)s1. The number of methoxy groups -OCH3 is 1. The van der Waals surface area contributed by atoms with Crippen LogP contribution in [0.5, 0.6) is 0 Å². The minimum absolute atomic E-state index is 0.341. The zero-order valence-corrected chi connectivity index (χ0v) is 19.7. The van der Waals surface area contributed by atoms with Crippen LogP contribution in [0.2, 0.25) is 0 Å². The van der Waals surface area contributed by atoms with Crippen LogP contribution >= 0.6 is 33.9 Å². The first kappa shape index (κ1) is 23.0. The Hall–Kier alpha value is -1.69. The van der Waals surface area contributed by atoms with Crippen molar-refractivity contribution in [2.24, 2.45) is 0 Å². The smallest absolute Gasteiger partial charge is 0.424 e. The van der Waals surface area contributed by atoms with Crippen LogP contribution in [-0.4, -0.2) is 66.6 Å². The summed E-state index contributed by atoms with van der Waals surface area (Å²) in [7, 11) is 1.36. The fourth-order valence-corrected chi connectivity index (χ4v) is 4.81. The maximum Gasteiger partial charge on any atom is 0.424 e. The van der Waals surface area contributed by atoms with Crippen LogP contribution in [0, 0.1) is 3.57 Å². The summed E-state index contributed by atoms with van der Waals surface area (Å²) in [5, 5.41) is 14.0. The van der Waals surface area contributed by atoms with Gasteiger partial charge in [-0.3, -0.25) is 0 Å². The van der Waals surface area contributed by atoms with Crippen LogP contribution in [0.4, 0.5) is 4.79 Å². The standard InChI is InChI=1S/C21H25IN2O5S/c1-28-20(26)19-6-5-18(30-19)8-10-24-21(27)29-12-11-23(24)9-7-17(25)14-15-3-2-4-16(22)13-15/h2-6,13,17,25H,7-12,14H2,1H3. The molecule has 0 bridgehead atoms. The molecule has 2 heterocycles. The second-order valence-corrected chi connectivity index (χ2v) is 9.39. The first-order valence-corrected chi connectivity index (χ1v) is 11.6. The van der Waals surface area contributed by atoms with Gasteiger partial charge in [0.25, 0.3) is 0 Å². The fourth-order valence-electron chi connectivity index (χ4n) is 3.29. The molecule has 1 aliphatic rings. The normalized spacial score (nSPS) is 15.7. The molecule has 0 aliphatic carbocycles. The Labute approximate surface area is 193 Å². The van der Waals surface area contributed by atoms with Crippen molar-refractivity contribution in [2.75, 3.05) is 33.4 Å². The number of carbonyl (C=O) groups excluding carboxylic acids is 2. The molecule has 1 atom stereocenters. The molecule has 1 fully saturated rings. The Morgan fingerprint density at radius 3 is 2.93 bits per heavy atom. The number of aliphatic hydroxyl groups excluding tert-OH is 1. The molecule has 9 heteroatoms. The number of carbonyl (C=O) groups is 2. The lowest BCUT2D eigenvalue weighted by Crippen LogP contribution is -2.53. The largest absolute Gasteiger partial charge is 0.465 e. The zero-order chi connectivity index (χ0) is 21.5. The van der Waals surface area contributed by atoms with Gasteiger partial charge in [-0.1, -0.05) is 12.1 Å². The second kappa shape index (κ2) is 11.1. The summed E-state index contributed by atoms with van der Waals surface area (Å²) in [6.07, 6.45) is 0.889. The summed E-state index contributed by atoms with van der Waals surface area (Å²) >= 11 is 3.63. The number of hydrazine groups is 1. The summed E-state index contributed by atoms with van der Waals surface area (Å²) in [6.45, 7) is 1.96. The molecule has 2 aromatic rings. The number of benzene rings is 1. The zero-order valence-electron chi connectivity index (χ0n) is 16.8. The summed E-state index contributed by atoms with van der Waals surface area (Å²) in [6, 6.07) is 11.7. The maximum atomic E-state index is 12.3. The number of aliphatic hydroxyl groups is 1. The van der Waals surface area contributed by atoms with Crippen LogP contribution in [0.3, 0.4) is 0 Å². The molecule has 7 nitrogen and oxygen atoms in total. The molecular weight excluding hydrogens is 519 g/mol. The third kappa shape index (κ3) is 6.40. The Morgan fingerprint density at radius 2 is 2.17 bits per heavy atom. The minimum atomic E-state index is -0.483. The quantitative estimate of drug-likeness (QED) is 0.386. The maximum absolute atomic E-state index is 12.3. The van der Waals surface area contributed by atoms with Gasteiger partial charge >= 0.3 is 12.1 Å². The second-order valence-electron chi connectivity index (χ2n) is 6.98. The minimum Gasteiger partial charge on any atom is -0.465 e. The van der Waals surface area contributed by atoms with E-state index in [2.05, 4.69) is 28.7 Å². The van der Waals surface area contributed by atoms with E-state index in [0.29, 0.717) is 50.4 Å². The highest BCUT2D eigenvalue weighted by Crippen LogP contribution is 2.20. The summed E-state index contributed by atoms with van der Waals surface area (Å²) < 4.78 is 11.1. The van der Waals surface area contributed by atoms with E-state index in [1.54, 1.807) is 11.1 Å². The Kier molecular flexibility index (Phi) is 8.49. The molecule has 1 aliphatic heterocycles. The highest BCUT2D eigenvalue weighted by molar-refractivity contribution is 14.1. The molecule has 1 amide bonds. The van der Waals surface area contributed by atoms with Crippen LogP contribution in [0.15, 0.2) is 36.4 Å². The van der Waals surface area contributed by atoms with Gasteiger partial charge in [0.2, 0.25) is 0 Å². The topological polar surface area (TPSA) is 79.3 Å². The Balaban J connectivity index is 1.53. The van der Waals surface area contributed by atoms with Gasteiger partial charge in [0, 0.05) is 28.0 Å². The number of nitrogens with zero attached hydrogens (tertiary/aromatic N) is 2. The van der Waals surface area contributed by atoms with Gasteiger partial charge in [-0.2, -0.15) is 0 Å². The Bertz CT molecular complexity index is 875. The lowest BCUT2D eigenvalue weighted by molar-refractivity contribution is -0.0722. The van der Waals surface area contributed by atoms with Gasteiger partial charge in [-0.15, -0.1) is 11.3 Å². The highest BCUT2D eigenvalue weighted by atomic mass is 127. The number of hydrogen-bond donors (Lipinski definition) is 1. The van der Waals surface area contributed by atoms with Crippen molar-refractivity contribution in [1.82, 2.24) is 10.0 Å². The number of rotatable bonds is 9. The average Bonchev–Trinajstić information content (AvgIpc) is 3.20.